The molecule has 5 nitrogen and oxygen atoms in total. The van der Waals surface area contributed by atoms with Crippen molar-refractivity contribution in [1.82, 2.24) is 0 Å². The Balaban J connectivity index is 1.88. The Hall–Kier alpha value is -0.170. The lowest BCUT2D eigenvalue weighted by Gasteiger charge is -2.58. The van der Waals surface area contributed by atoms with E-state index in [2.05, 4.69) is 0 Å². The van der Waals surface area contributed by atoms with Crippen LogP contribution in [0.3, 0.4) is 0 Å². The summed E-state index contributed by atoms with van der Waals surface area (Å²) in [6.07, 6.45) is 4.62. The Morgan fingerprint density at radius 3 is 2.19 bits per heavy atom. The van der Waals surface area contributed by atoms with Crippen LogP contribution in [0.2, 0.25) is 0 Å². The van der Waals surface area contributed by atoms with Gasteiger partial charge < -0.3 is 5.73 Å². The molecule has 0 aliphatic heterocycles. The first-order chi connectivity index (χ1) is 7.37. The summed E-state index contributed by atoms with van der Waals surface area (Å²) in [6.45, 7) is 0. The van der Waals surface area contributed by atoms with Crippen LogP contribution in [0.15, 0.2) is 0 Å². The molecule has 0 radical (unpaired) electrons. The van der Waals surface area contributed by atoms with E-state index in [1.807, 2.05) is 0 Å². The van der Waals surface area contributed by atoms with E-state index >= 15 is 0 Å². The van der Waals surface area contributed by atoms with Gasteiger partial charge in [0, 0.05) is 6.04 Å². The summed E-state index contributed by atoms with van der Waals surface area (Å²) in [5.41, 5.74) is 5.63. The smallest absolute Gasteiger partial charge is 0.327 e. The van der Waals surface area contributed by atoms with Crippen LogP contribution in [0, 0.1) is 17.8 Å². The minimum absolute atomic E-state index is 0.230. The molecular formula is C10H18N2O3S. The van der Waals surface area contributed by atoms with Gasteiger partial charge in [-0.15, -0.1) is 0 Å². The quantitative estimate of drug-likeness (QED) is 0.723. The molecule has 0 amide bonds. The Kier molecular flexibility index (Phi) is 2.18. The highest BCUT2D eigenvalue weighted by Gasteiger charge is 2.56. The summed E-state index contributed by atoms with van der Waals surface area (Å²) in [5.74, 6) is 1.43. The molecule has 2 unspecified atom stereocenters. The lowest BCUT2D eigenvalue weighted by atomic mass is 9.52. The predicted octanol–water partition coefficient (Wildman–Crippen LogP) is 0.112. The Morgan fingerprint density at radius 1 is 1.12 bits per heavy atom. The van der Waals surface area contributed by atoms with Gasteiger partial charge in [0.15, 0.2) is 0 Å². The zero-order valence-corrected chi connectivity index (χ0v) is 9.95. The summed E-state index contributed by atoms with van der Waals surface area (Å²) in [4.78, 5) is 0. The van der Waals surface area contributed by atoms with E-state index in [9.17, 15) is 8.42 Å². The maximum absolute atomic E-state index is 11.1. The van der Waals surface area contributed by atoms with Crippen LogP contribution >= 0.6 is 0 Å². The predicted molar refractivity (Wildman–Crippen MR) is 58.5 cm³/mol. The van der Waals surface area contributed by atoms with Gasteiger partial charge in [0.1, 0.15) is 0 Å². The van der Waals surface area contributed by atoms with Crippen LogP contribution < -0.4 is 10.9 Å². The van der Waals surface area contributed by atoms with Crippen molar-refractivity contribution in [2.75, 3.05) is 0 Å². The normalized spacial score (nSPS) is 50.9. The van der Waals surface area contributed by atoms with Gasteiger partial charge in [-0.3, -0.25) is 4.18 Å². The van der Waals surface area contributed by atoms with Gasteiger partial charge in [-0.25, -0.2) is 5.14 Å². The van der Waals surface area contributed by atoms with E-state index in [0.717, 1.165) is 32.1 Å². The maximum Gasteiger partial charge on any atom is 0.333 e. The third-order valence-corrected chi connectivity index (χ3v) is 5.17. The molecule has 6 heteroatoms. The zero-order chi connectivity index (χ0) is 11.6. The first-order valence-electron chi connectivity index (χ1n) is 5.86. The van der Waals surface area contributed by atoms with Crippen molar-refractivity contribution < 1.29 is 12.6 Å². The number of hydrogen-bond acceptors (Lipinski definition) is 4. The first kappa shape index (κ1) is 11.0. The molecular weight excluding hydrogens is 228 g/mol. The summed E-state index contributed by atoms with van der Waals surface area (Å²) >= 11 is 0. The molecule has 92 valence electrons. The van der Waals surface area contributed by atoms with Crippen molar-refractivity contribution in [2.45, 2.75) is 43.7 Å². The fraction of sp³-hybridized carbons (Fsp3) is 1.00. The van der Waals surface area contributed by atoms with Gasteiger partial charge in [-0.05, 0) is 49.9 Å². The van der Waals surface area contributed by atoms with Crippen molar-refractivity contribution in [3.8, 4) is 0 Å². The molecule has 0 spiro atoms. The molecule has 4 aliphatic rings. The molecule has 0 saturated heterocycles. The fourth-order valence-electron chi connectivity index (χ4n) is 4.34. The van der Waals surface area contributed by atoms with Crippen LogP contribution in [0.4, 0.5) is 0 Å². The second kappa shape index (κ2) is 3.19. The van der Waals surface area contributed by atoms with Gasteiger partial charge in [-0.2, -0.15) is 8.42 Å². The van der Waals surface area contributed by atoms with Crippen LogP contribution in [-0.4, -0.2) is 20.1 Å². The van der Waals surface area contributed by atoms with Crippen molar-refractivity contribution in [2.24, 2.45) is 28.6 Å². The summed E-state index contributed by atoms with van der Waals surface area (Å²) < 4.78 is 27.4. The molecule has 4 rings (SSSR count). The van der Waals surface area contributed by atoms with Crippen molar-refractivity contribution in [3.05, 3.63) is 0 Å². The molecule has 0 aromatic rings. The van der Waals surface area contributed by atoms with Crippen LogP contribution in [0.1, 0.15) is 32.1 Å². The first-order valence-corrected chi connectivity index (χ1v) is 7.33. The van der Waals surface area contributed by atoms with Crippen molar-refractivity contribution in [1.29, 1.82) is 0 Å². The molecule has 0 aromatic carbocycles. The van der Waals surface area contributed by atoms with Crippen molar-refractivity contribution >= 4 is 10.3 Å². The van der Waals surface area contributed by atoms with E-state index < -0.39 is 15.9 Å². The number of rotatable bonds is 2. The largest absolute Gasteiger partial charge is 0.333 e. The van der Waals surface area contributed by atoms with E-state index in [0.29, 0.717) is 17.8 Å². The molecule has 4 fully saturated rings. The monoisotopic (exact) mass is 246 g/mol. The average Bonchev–Trinajstić information content (AvgIpc) is 2.08. The van der Waals surface area contributed by atoms with Crippen LogP contribution in [0.5, 0.6) is 0 Å². The van der Waals surface area contributed by atoms with E-state index in [4.69, 9.17) is 15.1 Å². The SMILES string of the molecule is NC1C2CC3CC1CC(OS(N)(=O)=O)(C3)C2. The second-order valence-corrected chi connectivity index (χ2v) is 6.96. The zero-order valence-electron chi connectivity index (χ0n) is 9.13. The molecule has 4 saturated carbocycles. The van der Waals surface area contributed by atoms with Gasteiger partial charge in [0.2, 0.25) is 0 Å². The van der Waals surface area contributed by atoms with E-state index in [-0.39, 0.29) is 6.04 Å². The second-order valence-electron chi connectivity index (χ2n) is 5.81. The van der Waals surface area contributed by atoms with Crippen LogP contribution in [0.25, 0.3) is 0 Å². The third kappa shape index (κ3) is 1.68. The van der Waals surface area contributed by atoms with Crippen LogP contribution in [-0.2, 0) is 14.5 Å². The number of hydrogen-bond donors (Lipinski definition) is 2. The molecule has 0 heterocycles. The maximum atomic E-state index is 11.1. The van der Waals surface area contributed by atoms with Gasteiger partial charge in [0.05, 0.1) is 5.60 Å². The molecule has 4 N–H and O–H groups in total. The molecule has 16 heavy (non-hydrogen) atoms. The van der Waals surface area contributed by atoms with Gasteiger partial charge in [0.25, 0.3) is 0 Å². The van der Waals surface area contributed by atoms with Gasteiger partial charge in [-0.1, -0.05) is 0 Å². The van der Waals surface area contributed by atoms with E-state index in [1.165, 1.54) is 0 Å². The lowest BCUT2D eigenvalue weighted by molar-refractivity contribution is -0.114. The topological polar surface area (TPSA) is 95.4 Å². The molecule has 0 aromatic heterocycles. The Bertz CT molecular complexity index is 392. The fourth-order valence-corrected chi connectivity index (χ4v) is 5.03. The third-order valence-electron chi connectivity index (χ3n) is 4.58. The van der Waals surface area contributed by atoms with Crippen molar-refractivity contribution in [3.63, 3.8) is 0 Å². The highest BCUT2D eigenvalue weighted by molar-refractivity contribution is 7.84. The molecule has 4 aliphatic carbocycles. The minimum Gasteiger partial charge on any atom is -0.327 e. The van der Waals surface area contributed by atoms with E-state index in [1.54, 1.807) is 0 Å². The standard InChI is InChI=1S/C10H18N2O3S/c11-9-7-1-6-2-8(9)5-10(3-6,4-7)15-16(12,13)14/h6-9H,1-5,11H2,(H2,12,13,14). The summed E-state index contributed by atoms with van der Waals surface area (Å²) in [5, 5.41) is 5.01. The number of nitrogens with two attached hydrogens (primary N) is 2. The minimum atomic E-state index is -3.84. The Labute approximate surface area is 95.8 Å². The Morgan fingerprint density at radius 2 is 1.69 bits per heavy atom. The van der Waals surface area contributed by atoms with Gasteiger partial charge >= 0.3 is 10.3 Å². The summed E-state index contributed by atoms with van der Waals surface area (Å²) in [7, 11) is -3.84. The lowest BCUT2D eigenvalue weighted by Crippen LogP contribution is -2.61. The molecule has 2 atom stereocenters. The highest BCUT2D eigenvalue weighted by atomic mass is 32.2. The average molecular weight is 246 g/mol. The highest BCUT2D eigenvalue weighted by Crippen LogP contribution is 2.56. The molecule has 4 bridgehead atoms. The summed E-state index contributed by atoms with van der Waals surface area (Å²) in [6, 6.07) is 0.230.